The Morgan fingerprint density at radius 1 is 1.20 bits per heavy atom. The maximum atomic E-state index is 11.6. The van der Waals surface area contributed by atoms with E-state index in [1.165, 1.54) is 29.5 Å². The first-order valence-corrected chi connectivity index (χ1v) is 5.99. The van der Waals surface area contributed by atoms with Crippen molar-refractivity contribution in [3.8, 4) is 0 Å². The van der Waals surface area contributed by atoms with Gasteiger partial charge in [-0.25, -0.2) is 0 Å². The summed E-state index contributed by atoms with van der Waals surface area (Å²) in [5, 5.41) is 0. The van der Waals surface area contributed by atoms with Crippen LogP contribution in [0, 0.1) is 0 Å². The van der Waals surface area contributed by atoms with Gasteiger partial charge in [0.05, 0.1) is 0 Å². The molecule has 0 amide bonds. The third-order valence-corrected chi connectivity index (χ3v) is 3.33. The van der Waals surface area contributed by atoms with Gasteiger partial charge >= 0.3 is 0 Å². The van der Waals surface area contributed by atoms with Crippen molar-refractivity contribution in [1.82, 2.24) is 0 Å². The molecule has 0 spiro atoms. The van der Waals surface area contributed by atoms with E-state index in [1.807, 2.05) is 13.8 Å². The molecule has 15 heavy (non-hydrogen) atoms. The molecule has 0 heterocycles. The molecular formula is C14H18O. The molecule has 1 aromatic rings. The van der Waals surface area contributed by atoms with Crippen LogP contribution >= 0.6 is 0 Å². The smallest absolute Gasteiger partial charge is 0.144 e. The van der Waals surface area contributed by atoms with Crippen molar-refractivity contribution < 1.29 is 4.79 Å². The van der Waals surface area contributed by atoms with Crippen molar-refractivity contribution in [2.75, 3.05) is 0 Å². The Hall–Kier alpha value is -1.11. The van der Waals surface area contributed by atoms with Gasteiger partial charge in [-0.3, -0.25) is 4.79 Å². The van der Waals surface area contributed by atoms with Crippen LogP contribution in [-0.4, -0.2) is 5.78 Å². The van der Waals surface area contributed by atoms with Gasteiger partial charge in [0, 0.05) is 12.3 Å². The van der Waals surface area contributed by atoms with E-state index in [0.717, 1.165) is 6.42 Å². The Morgan fingerprint density at radius 2 is 1.93 bits per heavy atom. The Kier molecular flexibility index (Phi) is 2.90. The molecule has 3 rings (SSSR count). The zero-order chi connectivity index (χ0) is 10.8. The van der Waals surface area contributed by atoms with E-state index >= 15 is 0 Å². The lowest BCUT2D eigenvalue weighted by atomic mass is 9.84. The quantitative estimate of drug-likeness (QED) is 0.631. The standard InChI is InChI=1S/C12H12O.C2H6/c13-11-7-9-5-1-3-8-4-2-6-10(11)12(8)9;1-2/h1,3,5,10H,2,4,6-7H2;1-2H3. The molecule has 0 radical (unpaired) electrons. The van der Waals surface area contributed by atoms with Crippen LogP contribution in [0.15, 0.2) is 18.2 Å². The largest absolute Gasteiger partial charge is 0.299 e. The number of aryl methyl sites for hydroxylation is 1. The Balaban J connectivity index is 0.000000404. The minimum Gasteiger partial charge on any atom is -0.299 e. The van der Waals surface area contributed by atoms with Gasteiger partial charge in [-0.15, -0.1) is 0 Å². The minimum atomic E-state index is 0.264. The molecule has 0 aromatic heterocycles. The molecule has 1 nitrogen and oxygen atoms in total. The number of Topliss-reactive ketones (excluding diaryl/α,β-unsaturated/α-hetero) is 1. The summed E-state index contributed by atoms with van der Waals surface area (Å²) in [5.41, 5.74) is 4.12. The fourth-order valence-corrected chi connectivity index (χ4v) is 2.76. The zero-order valence-electron chi connectivity index (χ0n) is 9.55. The van der Waals surface area contributed by atoms with Crippen LogP contribution in [-0.2, 0) is 17.6 Å². The second-order valence-corrected chi connectivity index (χ2v) is 4.08. The van der Waals surface area contributed by atoms with Crippen LogP contribution < -0.4 is 0 Å². The van der Waals surface area contributed by atoms with E-state index < -0.39 is 0 Å². The van der Waals surface area contributed by atoms with E-state index in [2.05, 4.69) is 18.2 Å². The predicted octanol–water partition coefficient (Wildman–Crippen LogP) is 3.26. The van der Waals surface area contributed by atoms with E-state index in [4.69, 9.17) is 0 Å². The highest BCUT2D eigenvalue weighted by Crippen LogP contribution is 2.40. The minimum absolute atomic E-state index is 0.264. The lowest BCUT2D eigenvalue weighted by molar-refractivity contribution is -0.119. The van der Waals surface area contributed by atoms with Crippen LogP contribution in [0.2, 0.25) is 0 Å². The van der Waals surface area contributed by atoms with Gasteiger partial charge in [-0.1, -0.05) is 32.0 Å². The lowest BCUT2D eigenvalue weighted by Crippen LogP contribution is -2.12. The molecule has 2 aliphatic rings. The topological polar surface area (TPSA) is 17.1 Å². The van der Waals surface area contributed by atoms with Crippen molar-refractivity contribution in [1.29, 1.82) is 0 Å². The number of carbonyl (C=O) groups excluding carboxylic acids is 1. The monoisotopic (exact) mass is 202 g/mol. The maximum absolute atomic E-state index is 11.6. The highest BCUT2D eigenvalue weighted by molar-refractivity contribution is 5.93. The summed E-state index contributed by atoms with van der Waals surface area (Å²) in [7, 11) is 0. The average Bonchev–Trinajstić information content (AvgIpc) is 2.62. The fraction of sp³-hybridized carbons (Fsp3) is 0.500. The number of benzene rings is 1. The summed E-state index contributed by atoms with van der Waals surface area (Å²) in [6.07, 6.45) is 4.14. The predicted molar refractivity (Wildman–Crippen MR) is 62.2 cm³/mol. The molecule has 1 unspecified atom stereocenters. The van der Waals surface area contributed by atoms with Gasteiger partial charge in [0.1, 0.15) is 5.78 Å². The molecule has 2 aliphatic carbocycles. The van der Waals surface area contributed by atoms with E-state index in [9.17, 15) is 4.79 Å². The first-order chi connectivity index (χ1) is 7.36. The van der Waals surface area contributed by atoms with Crippen LogP contribution in [0.25, 0.3) is 0 Å². The summed E-state index contributed by atoms with van der Waals surface area (Å²) < 4.78 is 0. The summed E-state index contributed by atoms with van der Waals surface area (Å²) in [6.45, 7) is 4.00. The van der Waals surface area contributed by atoms with Gasteiger partial charge in [0.15, 0.2) is 0 Å². The summed E-state index contributed by atoms with van der Waals surface area (Å²) in [6, 6.07) is 6.39. The molecule has 1 atom stereocenters. The Morgan fingerprint density at radius 3 is 2.73 bits per heavy atom. The van der Waals surface area contributed by atoms with Gasteiger partial charge < -0.3 is 0 Å². The molecule has 1 aromatic carbocycles. The third kappa shape index (κ3) is 1.60. The molecule has 0 saturated carbocycles. The van der Waals surface area contributed by atoms with Crippen LogP contribution in [0.3, 0.4) is 0 Å². The van der Waals surface area contributed by atoms with Crippen molar-refractivity contribution in [3.05, 3.63) is 34.9 Å². The van der Waals surface area contributed by atoms with Crippen molar-refractivity contribution in [3.63, 3.8) is 0 Å². The zero-order valence-corrected chi connectivity index (χ0v) is 9.55. The second kappa shape index (κ2) is 4.18. The molecule has 0 aliphatic heterocycles. The number of rotatable bonds is 0. The molecule has 0 N–H and O–H groups in total. The first kappa shape index (κ1) is 10.4. The van der Waals surface area contributed by atoms with Gasteiger partial charge in [-0.05, 0) is 36.0 Å². The van der Waals surface area contributed by atoms with E-state index in [-0.39, 0.29) is 5.92 Å². The van der Waals surface area contributed by atoms with E-state index in [0.29, 0.717) is 12.2 Å². The first-order valence-electron chi connectivity index (χ1n) is 5.99. The second-order valence-electron chi connectivity index (χ2n) is 4.08. The van der Waals surface area contributed by atoms with Crippen LogP contribution in [0.4, 0.5) is 0 Å². The Bertz CT molecular complexity index is 379. The molecule has 0 bridgehead atoms. The average molecular weight is 202 g/mol. The fourth-order valence-electron chi connectivity index (χ4n) is 2.76. The molecule has 80 valence electrons. The molecule has 0 fully saturated rings. The maximum Gasteiger partial charge on any atom is 0.144 e. The number of hydrogen-bond acceptors (Lipinski definition) is 1. The summed E-state index contributed by atoms with van der Waals surface area (Å²) in [4.78, 5) is 11.6. The van der Waals surface area contributed by atoms with Crippen molar-refractivity contribution >= 4 is 5.78 Å². The van der Waals surface area contributed by atoms with Gasteiger partial charge in [0.25, 0.3) is 0 Å². The SMILES string of the molecule is CC.O=C1Cc2cccc3c2C1CCC3. The number of carbonyl (C=O) groups is 1. The highest BCUT2D eigenvalue weighted by atomic mass is 16.1. The lowest BCUT2D eigenvalue weighted by Gasteiger charge is -2.20. The number of ketones is 1. The van der Waals surface area contributed by atoms with Gasteiger partial charge in [0.2, 0.25) is 0 Å². The van der Waals surface area contributed by atoms with E-state index in [1.54, 1.807) is 0 Å². The third-order valence-electron chi connectivity index (χ3n) is 3.33. The molecule has 1 heteroatoms. The normalized spacial score (nSPS) is 21.7. The van der Waals surface area contributed by atoms with Crippen LogP contribution in [0.5, 0.6) is 0 Å². The number of hydrogen-bond donors (Lipinski definition) is 0. The molecule has 0 saturated heterocycles. The summed E-state index contributed by atoms with van der Waals surface area (Å²) >= 11 is 0. The highest BCUT2D eigenvalue weighted by Gasteiger charge is 2.33. The van der Waals surface area contributed by atoms with Crippen LogP contribution in [0.1, 0.15) is 49.3 Å². The Labute approximate surface area is 91.5 Å². The van der Waals surface area contributed by atoms with Gasteiger partial charge in [-0.2, -0.15) is 0 Å². The van der Waals surface area contributed by atoms with Crippen molar-refractivity contribution in [2.45, 2.75) is 45.4 Å². The van der Waals surface area contributed by atoms with Crippen molar-refractivity contribution in [2.24, 2.45) is 0 Å². The molecular weight excluding hydrogens is 184 g/mol. The summed E-state index contributed by atoms with van der Waals surface area (Å²) in [5.74, 6) is 0.710.